The first-order chi connectivity index (χ1) is 5.91. The van der Waals surface area contributed by atoms with Crippen molar-refractivity contribution in [2.24, 2.45) is 0 Å². The van der Waals surface area contributed by atoms with E-state index in [9.17, 15) is 18.3 Å². The van der Waals surface area contributed by atoms with Crippen molar-refractivity contribution in [3.63, 3.8) is 0 Å². The Balaban J connectivity index is 2.49. The van der Waals surface area contributed by atoms with Crippen LogP contribution in [0, 0.1) is 0 Å². The fourth-order valence-corrected chi connectivity index (χ4v) is 3.02. The molecule has 0 aromatic heterocycles. The summed E-state index contributed by atoms with van der Waals surface area (Å²) >= 11 is 0. The van der Waals surface area contributed by atoms with E-state index in [-0.39, 0.29) is 18.1 Å². The largest absolute Gasteiger partial charge is 0.480 e. The van der Waals surface area contributed by atoms with Crippen LogP contribution in [0.5, 0.6) is 0 Å². The molecule has 1 fully saturated rings. The Labute approximate surface area is 75.5 Å². The Bertz CT molecular complexity index is 298. The third-order valence-electron chi connectivity index (χ3n) is 1.84. The topological polar surface area (TPSA) is 104 Å². The Morgan fingerprint density at radius 3 is 2.46 bits per heavy atom. The molecule has 0 saturated carbocycles. The smallest absolute Gasteiger partial charge is 0.317 e. The van der Waals surface area contributed by atoms with Gasteiger partial charge in [0.2, 0.25) is 0 Å². The van der Waals surface area contributed by atoms with Gasteiger partial charge in [-0.1, -0.05) is 0 Å². The summed E-state index contributed by atoms with van der Waals surface area (Å²) in [6.07, 6.45) is -0.996. The number of carboxylic acids is 1. The zero-order chi connectivity index (χ0) is 10.1. The van der Waals surface area contributed by atoms with Crippen molar-refractivity contribution in [2.75, 3.05) is 18.1 Å². The van der Waals surface area contributed by atoms with Gasteiger partial charge in [-0.2, -0.15) is 0 Å². The molecule has 1 aliphatic rings. The molecule has 1 heterocycles. The minimum Gasteiger partial charge on any atom is -0.480 e. The van der Waals surface area contributed by atoms with Crippen molar-refractivity contribution in [1.82, 2.24) is 5.32 Å². The predicted octanol–water partition coefficient (Wildman–Crippen LogP) is -2.18. The number of sulfone groups is 1. The zero-order valence-electron chi connectivity index (χ0n) is 6.80. The van der Waals surface area contributed by atoms with E-state index in [2.05, 4.69) is 5.32 Å². The number of hydrogen-bond donors (Lipinski definition) is 3. The van der Waals surface area contributed by atoms with Gasteiger partial charge in [0.25, 0.3) is 0 Å². The number of carbonyl (C=O) groups is 1. The summed E-state index contributed by atoms with van der Waals surface area (Å²) in [4.78, 5) is 10.1. The van der Waals surface area contributed by atoms with E-state index in [4.69, 9.17) is 5.11 Å². The van der Waals surface area contributed by atoms with E-state index in [0.29, 0.717) is 0 Å². The van der Waals surface area contributed by atoms with Crippen LogP contribution >= 0.6 is 0 Å². The van der Waals surface area contributed by atoms with Crippen LogP contribution in [0.1, 0.15) is 0 Å². The second-order valence-electron chi connectivity index (χ2n) is 3.03. The highest BCUT2D eigenvalue weighted by Crippen LogP contribution is 2.11. The number of rotatable bonds is 3. The minimum atomic E-state index is -3.20. The maximum absolute atomic E-state index is 10.9. The van der Waals surface area contributed by atoms with Crippen LogP contribution in [0.2, 0.25) is 0 Å². The fourth-order valence-electron chi connectivity index (χ4n) is 1.24. The minimum absolute atomic E-state index is 0.193. The van der Waals surface area contributed by atoms with Crippen molar-refractivity contribution in [3.8, 4) is 0 Å². The number of aliphatic hydroxyl groups excluding tert-OH is 1. The van der Waals surface area contributed by atoms with Gasteiger partial charge in [-0.05, 0) is 0 Å². The van der Waals surface area contributed by atoms with Gasteiger partial charge < -0.3 is 15.5 Å². The zero-order valence-corrected chi connectivity index (χ0v) is 7.62. The molecule has 1 aliphatic heterocycles. The highest BCUT2D eigenvalue weighted by Gasteiger charge is 2.36. The Kier molecular flexibility index (Phi) is 2.89. The van der Waals surface area contributed by atoms with Gasteiger partial charge in [0, 0.05) is 6.04 Å². The first-order valence-electron chi connectivity index (χ1n) is 3.74. The second-order valence-corrected chi connectivity index (χ2v) is 5.18. The van der Waals surface area contributed by atoms with Crippen LogP contribution in [0.4, 0.5) is 0 Å². The fraction of sp³-hybridized carbons (Fsp3) is 0.833. The van der Waals surface area contributed by atoms with Gasteiger partial charge >= 0.3 is 5.97 Å². The van der Waals surface area contributed by atoms with Crippen molar-refractivity contribution >= 4 is 15.8 Å². The van der Waals surface area contributed by atoms with Crippen LogP contribution in [-0.4, -0.2) is 54.8 Å². The molecule has 7 heteroatoms. The van der Waals surface area contributed by atoms with Gasteiger partial charge in [-0.3, -0.25) is 4.79 Å². The first-order valence-corrected chi connectivity index (χ1v) is 5.56. The number of aliphatic hydroxyl groups is 1. The van der Waals surface area contributed by atoms with Crippen LogP contribution in [0.25, 0.3) is 0 Å². The van der Waals surface area contributed by atoms with E-state index >= 15 is 0 Å². The van der Waals surface area contributed by atoms with Crippen LogP contribution in [0.15, 0.2) is 0 Å². The monoisotopic (exact) mass is 209 g/mol. The lowest BCUT2D eigenvalue weighted by Crippen LogP contribution is -2.41. The molecule has 1 rings (SSSR count). The molecule has 3 N–H and O–H groups in total. The third kappa shape index (κ3) is 2.94. The van der Waals surface area contributed by atoms with Gasteiger partial charge in [0.05, 0.1) is 24.2 Å². The molecule has 2 atom stereocenters. The van der Waals surface area contributed by atoms with Crippen molar-refractivity contribution in [1.29, 1.82) is 0 Å². The SMILES string of the molecule is O=C(O)CNC1CS(=O)(=O)C[C@@H]1O. The molecule has 6 nitrogen and oxygen atoms in total. The van der Waals surface area contributed by atoms with Gasteiger partial charge in [-0.25, -0.2) is 8.42 Å². The van der Waals surface area contributed by atoms with Gasteiger partial charge in [0.15, 0.2) is 9.84 Å². The van der Waals surface area contributed by atoms with Crippen LogP contribution in [-0.2, 0) is 14.6 Å². The number of carboxylic acid groups (broad SMARTS) is 1. The maximum Gasteiger partial charge on any atom is 0.317 e. The van der Waals surface area contributed by atoms with Gasteiger partial charge in [-0.15, -0.1) is 0 Å². The number of hydrogen-bond acceptors (Lipinski definition) is 5. The molecule has 0 radical (unpaired) electrons. The molecular weight excluding hydrogens is 198 g/mol. The number of aliphatic carboxylic acids is 1. The Hall–Kier alpha value is -0.660. The summed E-state index contributed by atoms with van der Waals surface area (Å²) in [6.45, 7) is -0.336. The van der Waals surface area contributed by atoms with Gasteiger partial charge in [0.1, 0.15) is 0 Å². The first kappa shape index (κ1) is 10.4. The predicted molar refractivity (Wildman–Crippen MR) is 44.1 cm³/mol. The van der Waals surface area contributed by atoms with E-state index in [0.717, 1.165) is 0 Å². The Morgan fingerprint density at radius 1 is 1.46 bits per heavy atom. The van der Waals surface area contributed by atoms with E-state index in [1.807, 2.05) is 0 Å². The third-order valence-corrected chi connectivity index (χ3v) is 3.55. The van der Waals surface area contributed by atoms with E-state index in [1.54, 1.807) is 0 Å². The summed E-state index contributed by atoms with van der Waals surface area (Å²) in [5.74, 6) is -1.55. The molecule has 1 saturated heterocycles. The molecule has 0 aliphatic carbocycles. The molecule has 0 amide bonds. The highest BCUT2D eigenvalue weighted by molar-refractivity contribution is 7.91. The summed E-state index contributed by atoms with van der Waals surface area (Å²) < 4.78 is 21.9. The van der Waals surface area contributed by atoms with E-state index < -0.39 is 28.0 Å². The molecule has 1 unspecified atom stereocenters. The number of nitrogens with one attached hydrogen (secondary N) is 1. The van der Waals surface area contributed by atoms with Crippen LogP contribution in [0.3, 0.4) is 0 Å². The highest BCUT2D eigenvalue weighted by atomic mass is 32.2. The summed E-state index contributed by atoms with van der Waals surface area (Å²) in [5, 5.41) is 20.0. The van der Waals surface area contributed by atoms with Crippen molar-refractivity contribution in [2.45, 2.75) is 12.1 Å². The van der Waals surface area contributed by atoms with Crippen molar-refractivity contribution < 1.29 is 23.4 Å². The molecule has 0 bridgehead atoms. The summed E-state index contributed by atoms with van der Waals surface area (Å²) in [7, 11) is -3.20. The molecule has 76 valence electrons. The average molecular weight is 209 g/mol. The Morgan fingerprint density at radius 2 is 2.08 bits per heavy atom. The quantitative estimate of drug-likeness (QED) is 0.488. The molecule has 13 heavy (non-hydrogen) atoms. The molecule has 0 aromatic rings. The summed E-state index contributed by atoms with van der Waals surface area (Å²) in [5.41, 5.74) is 0. The van der Waals surface area contributed by atoms with Crippen LogP contribution < -0.4 is 5.32 Å². The lowest BCUT2D eigenvalue weighted by Gasteiger charge is -2.12. The summed E-state index contributed by atoms with van der Waals surface area (Å²) in [6, 6.07) is -0.652. The average Bonchev–Trinajstić information content (AvgIpc) is 2.20. The second kappa shape index (κ2) is 3.60. The maximum atomic E-state index is 10.9. The lowest BCUT2D eigenvalue weighted by atomic mass is 10.2. The standard InChI is InChI=1S/C6H11NO5S/c8-5-3-13(11,12)2-4(5)7-1-6(9)10/h4-5,7-8H,1-3H2,(H,9,10)/t4?,5-/m0/s1. The lowest BCUT2D eigenvalue weighted by molar-refractivity contribution is -0.136. The van der Waals surface area contributed by atoms with Crippen molar-refractivity contribution in [3.05, 3.63) is 0 Å². The molecule has 0 spiro atoms. The molecular formula is C6H11NO5S. The normalized spacial score (nSPS) is 31.8. The molecule has 0 aromatic carbocycles. The van der Waals surface area contributed by atoms with E-state index in [1.165, 1.54) is 0 Å².